The smallest absolute Gasteiger partial charge is 0.478 e. The molecule has 24 heteroatoms. The first-order valence-corrected chi connectivity index (χ1v) is 27.1. The zero-order chi connectivity index (χ0) is 55.3. The summed E-state index contributed by atoms with van der Waals surface area (Å²) in [6.07, 6.45) is -10.4. The lowest BCUT2D eigenvalue weighted by Crippen LogP contribution is -2.52. The second kappa shape index (κ2) is 25.6. The summed E-state index contributed by atoms with van der Waals surface area (Å²) in [5, 5.41) is 5.45. The van der Waals surface area contributed by atoms with E-state index in [0.29, 0.717) is 23.5 Å². The highest BCUT2D eigenvalue weighted by Crippen LogP contribution is 2.46. The number of hydrogen-bond donors (Lipinski definition) is 4. The van der Waals surface area contributed by atoms with Gasteiger partial charge in [0.2, 0.25) is 0 Å². The number of hydrogen-bond acceptors (Lipinski definition) is 14. The second-order valence-corrected chi connectivity index (χ2v) is 20.0. The summed E-state index contributed by atoms with van der Waals surface area (Å²) >= 11 is 0. The van der Waals surface area contributed by atoms with E-state index < -0.39 is 76.0 Å². The van der Waals surface area contributed by atoms with Crippen molar-refractivity contribution < 1.29 is 80.8 Å². The normalized spacial score (nSPS) is 12.0. The van der Waals surface area contributed by atoms with Gasteiger partial charge in [0.25, 0.3) is 11.8 Å². The molecular weight excluding hydrogens is 1040 g/mol. The molecule has 6 aromatic rings. The number of carbonyl (C=O) groups excluding carboxylic acids is 2. The molecule has 76 heavy (non-hydrogen) atoms. The summed E-state index contributed by atoms with van der Waals surface area (Å²) in [7, 11) is -7.99. The molecule has 0 aromatic heterocycles. The van der Waals surface area contributed by atoms with Crippen molar-refractivity contribution in [1.29, 1.82) is 0 Å². The molecule has 0 radical (unpaired) electrons. The molecule has 6 N–H and O–H groups in total. The molecule has 0 saturated carbocycles. The van der Waals surface area contributed by atoms with Crippen LogP contribution in [0.5, 0.6) is 34.5 Å². The number of nitrogens with two attached hydrogens (primary N) is 2. The van der Waals surface area contributed by atoms with Crippen molar-refractivity contribution in [1.82, 2.24) is 0 Å². The van der Waals surface area contributed by atoms with Crippen molar-refractivity contribution in [2.75, 3.05) is 61.7 Å². The second-order valence-electron chi connectivity index (χ2n) is 15.9. The first-order chi connectivity index (χ1) is 36.2. The van der Waals surface area contributed by atoms with Crippen LogP contribution in [0, 0.1) is 0 Å². The molecular formula is C52H56F6N4O12Si2. The Labute approximate surface area is 437 Å². The molecule has 0 atom stereocenters. The number of anilines is 4. The molecule has 0 saturated heterocycles. The summed E-state index contributed by atoms with van der Waals surface area (Å²) < 4.78 is 150. The number of nitrogens with one attached hydrogen (secondary N) is 2. The summed E-state index contributed by atoms with van der Waals surface area (Å²) in [6.45, 7) is 10.6. The number of amides is 2. The molecule has 16 nitrogen and oxygen atoms in total. The largest absolute Gasteiger partial charge is 0.749 e. The molecule has 0 fully saturated rings. The van der Waals surface area contributed by atoms with Crippen molar-refractivity contribution in [3.63, 3.8) is 0 Å². The van der Waals surface area contributed by atoms with Crippen molar-refractivity contribution in [3.8, 4) is 45.6 Å². The number of nitrogen functional groups attached to an aromatic ring is 2. The standard InChI is InChI=1S/C52H56F6N4O12Si2/c1-7-65-75(66-8-2,67-9-3)73-47-31-39(23-27-45(47)61-49(63)33-13-17-35(59)18-14-33)71-37-21-25-41(43(29-37)51(53,54)55)42-26-22-38(30-44(42)52(56,57)58)72-40-24-28-46(62-50(64)34-15-19-36(60)20-16-34)48(32-40)74-76(68-10-4,69-11-5)70-12-6/h13-32H,7-12,59-60H2,1-6H3,(H,61,63)(H,62,64). The van der Waals surface area contributed by atoms with Gasteiger partial charge < -0.3 is 67.0 Å². The SMILES string of the molecule is CCO[Si](OCC)(OCC)Oc1cc(Oc2ccc(-c3ccc(Oc4ccc(NC(=O)c5ccc(N)cc5)c(O[Si](OCC)(OCC)OCC)c4)cc3C(F)(F)F)c(C(F)(F)F)c2)ccc1NC(=O)c1ccc(N)cc1. The number of carbonyl (C=O) groups is 2. The molecule has 0 bridgehead atoms. The van der Waals surface area contributed by atoms with Crippen LogP contribution in [0.4, 0.5) is 49.1 Å². The highest BCUT2D eigenvalue weighted by molar-refractivity contribution is 6.55. The summed E-state index contributed by atoms with van der Waals surface area (Å²) in [5.74, 6) is -2.43. The average molecular weight is 1100 g/mol. The van der Waals surface area contributed by atoms with Gasteiger partial charge in [-0.2, -0.15) is 26.3 Å². The van der Waals surface area contributed by atoms with E-state index in [9.17, 15) is 9.59 Å². The third kappa shape index (κ3) is 15.0. The zero-order valence-corrected chi connectivity index (χ0v) is 44.1. The Balaban J connectivity index is 1.36. The number of benzene rings is 6. The Morgan fingerprint density at radius 3 is 1.01 bits per heavy atom. The molecule has 0 heterocycles. The fraction of sp³-hybridized carbons (Fsp3) is 0.269. The number of ether oxygens (including phenoxy) is 2. The summed E-state index contributed by atoms with van der Waals surface area (Å²) in [6, 6.07) is 24.9. The van der Waals surface area contributed by atoms with Gasteiger partial charge >= 0.3 is 30.4 Å². The minimum absolute atomic E-state index is 0.0710. The lowest BCUT2D eigenvalue weighted by molar-refractivity contribution is -0.139. The van der Waals surface area contributed by atoms with Gasteiger partial charge in [-0.1, -0.05) is 12.1 Å². The molecule has 2 amide bonds. The lowest BCUT2D eigenvalue weighted by Gasteiger charge is -2.28. The minimum Gasteiger partial charge on any atom is -0.478 e. The third-order valence-electron chi connectivity index (χ3n) is 10.5. The van der Waals surface area contributed by atoms with Crippen LogP contribution in [-0.4, -0.2) is 69.6 Å². The minimum atomic E-state index is -5.21. The van der Waals surface area contributed by atoms with E-state index >= 15 is 26.3 Å². The van der Waals surface area contributed by atoms with Crippen LogP contribution in [0.2, 0.25) is 0 Å². The lowest BCUT2D eigenvalue weighted by atomic mass is 9.94. The van der Waals surface area contributed by atoms with Gasteiger partial charge in [0.1, 0.15) is 34.5 Å². The topological polar surface area (TPSA) is 203 Å². The number of rotatable bonds is 25. The quantitative estimate of drug-likeness (QED) is 0.0239. The third-order valence-corrected chi connectivity index (χ3v) is 15.3. The number of alkyl halides is 6. The maximum absolute atomic E-state index is 15.0. The van der Waals surface area contributed by atoms with Gasteiger partial charge in [0.15, 0.2) is 0 Å². The van der Waals surface area contributed by atoms with Crippen molar-refractivity contribution >= 4 is 52.7 Å². The predicted octanol–water partition coefficient (Wildman–Crippen LogP) is 12.5. The van der Waals surface area contributed by atoms with Gasteiger partial charge in [-0.05, 0) is 150 Å². The maximum Gasteiger partial charge on any atom is 0.749 e. The molecule has 0 unspecified atom stereocenters. The average Bonchev–Trinajstić information content (AvgIpc) is 3.38. The highest BCUT2D eigenvalue weighted by atomic mass is 28.4. The van der Waals surface area contributed by atoms with Crippen molar-refractivity contribution in [2.24, 2.45) is 0 Å². The van der Waals surface area contributed by atoms with Crippen LogP contribution in [0.25, 0.3) is 11.1 Å². The molecule has 0 aliphatic heterocycles. The predicted molar refractivity (Wildman–Crippen MR) is 275 cm³/mol. The van der Waals surface area contributed by atoms with Crippen molar-refractivity contribution in [2.45, 2.75) is 53.9 Å². The summed E-state index contributed by atoms with van der Waals surface area (Å²) in [4.78, 5) is 26.6. The Morgan fingerprint density at radius 2 is 0.724 bits per heavy atom. The van der Waals surface area contributed by atoms with Crippen LogP contribution >= 0.6 is 0 Å². The van der Waals surface area contributed by atoms with E-state index in [-0.39, 0.29) is 85.1 Å². The molecule has 0 aliphatic carbocycles. The van der Waals surface area contributed by atoms with Gasteiger partial charge in [-0.15, -0.1) is 0 Å². The monoisotopic (exact) mass is 1100 g/mol. The number of halogens is 6. The maximum atomic E-state index is 15.0. The van der Waals surface area contributed by atoms with E-state index in [1.807, 2.05) is 0 Å². The van der Waals surface area contributed by atoms with Gasteiger partial charge in [-0.3, -0.25) is 9.59 Å². The Kier molecular flexibility index (Phi) is 19.6. The first-order valence-electron chi connectivity index (χ1n) is 23.8. The Bertz CT molecular complexity index is 2700. The molecule has 6 rings (SSSR count). The Hall–Kier alpha value is -7.17. The highest BCUT2D eigenvalue weighted by Gasteiger charge is 2.50. The molecule has 406 valence electrons. The zero-order valence-electron chi connectivity index (χ0n) is 42.1. The van der Waals surface area contributed by atoms with Gasteiger partial charge in [-0.25, -0.2) is 0 Å². The van der Waals surface area contributed by atoms with E-state index in [1.54, 1.807) is 41.5 Å². The van der Waals surface area contributed by atoms with Crippen LogP contribution in [0.1, 0.15) is 73.4 Å². The van der Waals surface area contributed by atoms with E-state index in [4.69, 9.17) is 56.3 Å². The Morgan fingerprint density at radius 1 is 0.434 bits per heavy atom. The van der Waals surface area contributed by atoms with Gasteiger partial charge in [0, 0.05) is 74.3 Å². The van der Waals surface area contributed by atoms with E-state index in [2.05, 4.69) is 10.6 Å². The fourth-order valence-electron chi connectivity index (χ4n) is 7.31. The fourth-order valence-corrected chi connectivity index (χ4v) is 11.2. The first kappa shape index (κ1) is 58.1. The summed E-state index contributed by atoms with van der Waals surface area (Å²) in [5.41, 5.74) is 8.44. The molecule has 0 aliphatic rings. The van der Waals surface area contributed by atoms with Crippen LogP contribution < -0.4 is 40.4 Å². The van der Waals surface area contributed by atoms with Crippen molar-refractivity contribution in [3.05, 3.63) is 144 Å². The van der Waals surface area contributed by atoms with Crippen LogP contribution in [-0.2, 0) is 38.9 Å². The van der Waals surface area contributed by atoms with Crippen LogP contribution in [0.15, 0.2) is 121 Å². The van der Waals surface area contributed by atoms with E-state index in [0.717, 1.165) is 24.3 Å². The van der Waals surface area contributed by atoms with E-state index in [1.165, 1.54) is 84.9 Å². The van der Waals surface area contributed by atoms with Crippen LogP contribution in [0.3, 0.4) is 0 Å². The molecule has 6 aromatic carbocycles. The molecule has 0 spiro atoms. The van der Waals surface area contributed by atoms with Gasteiger partial charge in [0.05, 0.1) is 22.5 Å².